The molecular weight excluding hydrogens is 284 g/mol. The van der Waals surface area contributed by atoms with E-state index >= 15 is 0 Å². The van der Waals surface area contributed by atoms with Crippen molar-refractivity contribution in [1.29, 1.82) is 0 Å². The number of nitrogens with one attached hydrogen (secondary N) is 2. The summed E-state index contributed by atoms with van der Waals surface area (Å²) in [5.41, 5.74) is 1.00. The molecule has 22 heavy (non-hydrogen) atoms. The second-order valence-electron chi connectivity index (χ2n) is 4.31. The molecule has 7 nitrogen and oxygen atoms in total. The predicted octanol–water partition coefficient (Wildman–Crippen LogP) is 1.80. The van der Waals surface area contributed by atoms with Gasteiger partial charge >= 0.3 is 5.97 Å². The van der Waals surface area contributed by atoms with Crippen molar-refractivity contribution in [3.63, 3.8) is 0 Å². The Hall–Kier alpha value is -2.67. The smallest absolute Gasteiger partial charge is 0.345 e. The number of ether oxygens (including phenoxy) is 1. The highest BCUT2D eigenvalue weighted by Crippen LogP contribution is 2.24. The number of aliphatic hydroxyl groups is 1. The summed E-state index contributed by atoms with van der Waals surface area (Å²) in [6.07, 6.45) is 1.34. The minimum Gasteiger partial charge on any atom is -0.462 e. The number of carbonyl (C=O) groups excluding carboxylic acids is 1. The molecule has 2 aromatic rings. The fourth-order valence-electron chi connectivity index (χ4n) is 1.84. The molecule has 0 atom stereocenters. The van der Waals surface area contributed by atoms with Crippen LogP contribution in [0.15, 0.2) is 36.7 Å². The number of aliphatic hydroxyl groups excluding tert-OH is 1. The van der Waals surface area contributed by atoms with Crippen LogP contribution in [0.4, 0.5) is 17.3 Å². The topological polar surface area (TPSA) is 96.4 Å². The lowest BCUT2D eigenvalue weighted by molar-refractivity contribution is 0.0528. The van der Waals surface area contributed by atoms with Crippen LogP contribution in [0, 0.1) is 0 Å². The van der Waals surface area contributed by atoms with Crippen LogP contribution in [-0.2, 0) is 4.74 Å². The van der Waals surface area contributed by atoms with Crippen molar-refractivity contribution < 1.29 is 14.6 Å². The number of benzene rings is 1. The summed E-state index contributed by atoms with van der Waals surface area (Å²) in [5.74, 6) is 0.142. The number of carbonyl (C=O) groups is 1. The first-order chi connectivity index (χ1) is 10.8. The Morgan fingerprint density at radius 1 is 1.23 bits per heavy atom. The van der Waals surface area contributed by atoms with Crippen molar-refractivity contribution in [3.8, 4) is 0 Å². The third kappa shape index (κ3) is 3.92. The van der Waals surface area contributed by atoms with Gasteiger partial charge in [-0.15, -0.1) is 0 Å². The zero-order valence-electron chi connectivity index (χ0n) is 12.2. The molecule has 0 saturated heterocycles. The van der Waals surface area contributed by atoms with E-state index in [0.29, 0.717) is 11.6 Å². The molecule has 0 spiro atoms. The molecule has 2 rings (SSSR count). The summed E-state index contributed by atoms with van der Waals surface area (Å²) < 4.78 is 5.07. The van der Waals surface area contributed by atoms with Gasteiger partial charge in [0, 0.05) is 12.2 Å². The monoisotopic (exact) mass is 302 g/mol. The maximum absolute atomic E-state index is 12.2. The van der Waals surface area contributed by atoms with Gasteiger partial charge in [0.05, 0.1) is 13.2 Å². The van der Waals surface area contributed by atoms with Crippen LogP contribution < -0.4 is 10.6 Å². The van der Waals surface area contributed by atoms with Crippen LogP contribution in [-0.4, -0.2) is 40.8 Å². The van der Waals surface area contributed by atoms with Crippen molar-refractivity contribution in [2.24, 2.45) is 0 Å². The maximum Gasteiger partial charge on any atom is 0.345 e. The molecule has 0 unspecified atom stereocenters. The van der Waals surface area contributed by atoms with Crippen LogP contribution in [0.5, 0.6) is 0 Å². The largest absolute Gasteiger partial charge is 0.462 e. The van der Waals surface area contributed by atoms with Gasteiger partial charge in [-0.05, 0) is 19.1 Å². The third-order valence-corrected chi connectivity index (χ3v) is 2.77. The quantitative estimate of drug-likeness (QED) is 0.671. The molecule has 0 aliphatic carbocycles. The van der Waals surface area contributed by atoms with Crippen LogP contribution >= 0.6 is 0 Å². The summed E-state index contributed by atoms with van der Waals surface area (Å²) >= 11 is 0. The summed E-state index contributed by atoms with van der Waals surface area (Å²) in [7, 11) is 0. The molecule has 0 saturated carbocycles. The molecule has 0 amide bonds. The highest BCUT2D eigenvalue weighted by atomic mass is 16.5. The number of hydrogen-bond acceptors (Lipinski definition) is 7. The number of anilines is 3. The predicted molar refractivity (Wildman–Crippen MR) is 83.3 cm³/mol. The second kappa shape index (κ2) is 7.94. The maximum atomic E-state index is 12.2. The number of nitrogens with zero attached hydrogens (tertiary/aromatic N) is 2. The zero-order valence-corrected chi connectivity index (χ0v) is 12.2. The Morgan fingerprint density at radius 3 is 2.64 bits per heavy atom. The van der Waals surface area contributed by atoms with Gasteiger partial charge in [0.25, 0.3) is 0 Å². The first kappa shape index (κ1) is 15.7. The average Bonchev–Trinajstić information content (AvgIpc) is 2.54. The molecule has 7 heteroatoms. The molecule has 0 radical (unpaired) electrons. The Balaban J connectivity index is 2.36. The first-order valence-corrected chi connectivity index (χ1v) is 6.95. The van der Waals surface area contributed by atoms with Crippen LogP contribution in [0.25, 0.3) is 0 Å². The number of para-hydroxylation sites is 1. The van der Waals surface area contributed by atoms with Crippen LogP contribution in [0.2, 0.25) is 0 Å². The molecule has 1 aromatic heterocycles. The van der Waals surface area contributed by atoms with Gasteiger partial charge in [0.15, 0.2) is 5.82 Å². The van der Waals surface area contributed by atoms with Gasteiger partial charge in [-0.2, -0.15) is 0 Å². The molecule has 0 fully saturated rings. The number of esters is 1. The summed E-state index contributed by atoms with van der Waals surface area (Å²) in [4.78, 5) is 20.4. The molecule has 1 heterocycles. The summed E-state index contributed by atoms with van der Waals surface area (Å²) in [6, 6.07) is 9.36. The van der Waals surface area contributed by atoms with Gasteiger partial charge in [0.1, 0.15) is 17.7 Å². The fraction of sp³-hybridized carbons (Fsp3) is 0.267. The molecule has 1 aromatic carbocycles. The lowest BCUT2D eigenvalue weighted by atomic mass is 10.2. The van der Waals surface area contributed by atoms with E-state index in [1.807, 2.05) is 30.3 Å². The summed E-state index contributed by atoms with van der Waals surface area (Å²) in [5, 5.41) is 14.9. The van der Waals surface area contributed by atoms with Gasteiger partial charge < -0.3 is 20.5 Å². The fourth-order valence-corrected chi connectivity index (χ4v) is 1.84. The standard InChI is InChI=1S/C15H18N4O3/c1-2-22-15(21)12-13(16-8-9-20)17-10-18-14(12)19-11-6-4-3-5-7-11/h3-7,10,20H,2,8-9H2,1H3,(H2,16,17,18,19). The molecular formula is C15H18N4O3. The molecule has 116 valence electrons. The minimum absolute atomic E-state index is 0.0757. The Bertz CT molecular complexity index is 619. The Morgan fingerprint density at radius 2 is 1.95 bits per heavy atom. The van der Waals surface area contributed by atoms with E-state index in [2.05, 4.69) is 20.6 Å². The van der Waals surface area contributed by atoms with E-state index in [-0.39, 0.29) is 25.3 Å². The second-order valence-corrected chi connectivity index (χ2v) is 4.31. The van der Waals surface area contributed by atoms with Crippen molar-refractivity contribution in [2.45, 2.75) is 6.92 Å². The number of aromatic nitrogens is 2. The van der Waals surface area contributed by atoms with Crippen LogP contribution in [0.1, 0.15) is 17.3 Å². The van der Waals surface area contributed by atoms with E-state index < -0.39 is 5.97 Å². The van der Waals surface area contributed by atoms with Gasteiger partial charge in [-0.3, -0.25) is 0 Å². The van der Waals surface area contributed by atoms with Crippen molar-refractivity contribution in [1.82, 2.24) is 9.97 Å². The van der Waals surface area contributed by atoms with E-state index in [0.717, 1.165) is 5.69 Å². The van der Waals surface area contributed by atoms with Gasteiger partial charge in [-0.25, -0.2) is 14.8 Å². The van der Waals surface area contributed by atoms with E-state index in [9.17, 15) is 4.79 Å². The molecule has 0 aliphatic rings. The zero-order chi connectivity index (χ0) is 15.8. The SMILES string of the molecule is CCOC(=O)c1c(NCCO)ncnc1Nc1ccccc1. The molecule has 0 bridgehead atoms. The third-order valence-electron chi connectivity index (χ3n) is 2.77. The highest BCUT2D eigenvalue weighted by molar-refractivity contribution is 6.00. The lowest BCUT2D eigenvalue weighted by Gasteiger charge is -2.14. The van der Waals surface area contributed by atoms with E-state index in [1.54, 1.807) is 6.92 Å². The Labute approximate surface area is 128 Å². The first-order valence-electron chi connectivity index (χ1n) is 6.95. The normalized spacial score (nSPS) is 10.1. The minimum atomic E-state index is -0.526. The lowest BCUT2D eigenvalue weighted by Crippen LogP contribution is -2.16. The van der Waals surface area contributed by atoms with E-state index in [1.165, 1.54) is 6.33 Å². The highest BCUT2D eigenvalue weighted by Gasteiger charge is 2.20. The van der Waals surface area contributed by atoms with Crippen molar-refractivity contribution in [3.05, 3.63) is 42.2 Å². The molecule has 0 aliphatic heterocycles. The average molecular weight is 302 g/mol. The van der Waals surface area contributed by atoms with Gasteiger partial charge in [0.2, 0.25) is 0 Å². The summed E-state index contributed by atoms with van der Waals surface area (Å²) in [6.45, 7) is 2.17. The van der Waals surface area contributed by atoms with E-state index in [4.69, 9.17) is 9.84 Å². The molecule has 3 N–H and O–H groups in total. The van der Waals surface area contributed by atoms with Gasteiger partial charge in [-0.1, -0.05) is 18.2 Å². The Kier molecular flexibility index (Phi) is 5.67. The number of rotatable bonds is 7. The number of hydrogen-bond donors (Lipinski definition) is 3. The van der Waals surface area contributed by atoms with Crippen molar-refractivity contribution >= 4 is 23.3 Å². The van der Waals surface area contributed by atoms with Crippen LogP contribution in [0.3, 0.4) is 0 Å². The van der Waals surface area contributed by atoms with Crippen molar-refractivity contribution in [2.75, 3.05) is 30.4 Å².